The average Bonchev–Trinajstić information content (AvgIpc) is 3.24. The van der Waals surface area contributed by atoms with Gasteiger partial charge >= 0.3 is 0 Å². The monoisotopic (exact) mass is 369 g/mol. The molecule has 1 saturated carbocycles. The lowest BCUT2D eigenvalue weighted by Gasteiger charge is -2.50. The molecule has 4 heterocycles. The van der Waals surface area contributed by atoms with Crippen molar-refractivity contribution in [1.29, 1.82) is 0 Å². The molecule has 1 amide bonds. The predicted octanol–water partition coefficient (Wildman–Crippen LogP) is 2.65. The van der Waals surface area contributed by atoms with Crippen LogP contribution < -0.4 is 4.74 Å². The minimum absolute atomic E-state index is 0.0582. The molecule has 0 aromatic carbocycles. The first kappa shape index (κ1) is 16.7. The van der Waals surface area contributed by atoms with Crippen LogP contribution in [0.5, 0.6) is 5.75 Å². The van der Waals surface area contributed by atoms with E-state index in [2.05, 4.69) is 10.1 Å². The number of rotatable bonds is 6. The molecule has 7 nitrogen and oxygen atoms in total. The third kappa shape index (κ3) is 3.20. The van der Waals surface area contributed by atoms with E-state index in [-0.39, 0.29) is 11.5 Å². The molecule has 1 aliphatic carbocycles. The minimum Gasteiger partial charge on any atom is -0.492 e. The number of hydrogen-bond donors (Lipinski definition) is 0. The summed E-state index contributed by atoms with van der Waals surface area (Å²) in [7, 11) is 0. The molecule has 5 rings (SSSR count). The lowest BCUT2D eigenvalue weighted by Crippen LogP contribution is -2.66. The largest absolute Gasteiger partial charge is 0.492 e. The fourth-order valence-corrected chi connectivity index (χ4v) is 4.15. The number of carbonyl (C=O) groups excluding carboxylic acids is 1. The number of pyridine rings is 1. The maximum atomic E-state index is 12.6. The zero-order valence-corrected chi connectivity index (χ0v) is 15.2. The highest BCUT2D eigenvalue weighted by Gasteiger charge is 2.54. The van der Waals surface area contributed by atoms with Gasteiger partial charge in [-0.05, 0) is 43.7 Å². The predicted molar refractivity (Wildman–Crippen MR) is 95.5 cm³/mol. The van der Waals surface area contributed by atoms with Crippen LogP contribution >= 0.6 is 0 Å². The fraction of sp³-hybridized carbons (Fsp3) is 0.550. The molecule has 3 aliphatic rings. The Morgan fingerprint density at radius 1 is 1.33 bits per heavy atom. The first-order valence-corrected chi connectivity index (χ1v) is 9.66. The van der Waals surface area contributed by atoms with E-state index in [0.717, 1.165) is 43.8 Å². The number of amides is 1. The van der Waals surface area contributed by atoms with Crippen LogP contribution in [0.15, 0.2) is 35.1 Å². The number of carbonyl (C=O) groups is 1. The van der Waals surface area contributed by atoms with Gasteiger partial charge in [0.15, 0.2) is 5.69 Å². The quantitative estimate of drug-likeness (QED) is 0.779. The van der Waals surface area contributed by atoms with Crippen molar-refractivity contribution in [3.63, 3.8) is 0 Å². The molecule has 2 aliphatic heterocycles. The van der Waals surface area contributed by atoms with Gasteiger partial charge in [0, 0.05) is 24.8 Å². The van der Waals surface area contributed by atoms with E-state index in [1.165, 1.54) is 0 Å². The Hall–Kier alpha value is -2.41. The summed E-state index contributed by atoms with van der Waals surface area (Å²) in [5.74, 6) is 2.43. The second-order valence-electron chi connectivity index (χ2n) is 7.77. The van der Waals surface area contributed by atoms with Gasteiger partial charge in [-0.2, -0.15) is 0 Å². The van der Waals surface area contributed by atoms with Gasteiger partial charge in [0.1, 0.15) is 17.1 Å². The van der Waals surface area contributed by atoms with Crippen LogP contribution in [0.2, 0.25) is 0 Å². The van der Waals surface area contributed by atoms with Gasteiger partial charge in [-0.3, -0.25) is 9.78 Å². The molecule has 0 bridgehead atoms. The van der Waals surface area contributed by atoms with E-state index in [4.69, 9.17) is 14.0 Å². The maximum Gasteiger partial charge on any atom is 0.276 e. The van der Waals surface area contributed by atoms with Gasteiger partial charge in [0.25, 0.3) is 5.91 Å². The molecule has 1 spiro atoms. The van der Waals surface area contributed by atoms with E-state index in [1.807, 2.05) is 17.0 Å². The Labute approximate surface area is 157 Å². The lowest BCUT2D eigenvalue weighted by atomic mass is 9.79. The molecule has 0 radical (unpaired) electrons. The Morgan fingerprint density at radius 3 is 3.00 bits per heavy atom. The molecular weight excluding hydrogens is 346 g/mol. The van der Waals surface area contributed by atoms with Crippen LogP contribution in [0.4, 0.5) is 0 Å². The zero-order valence-electron chi connectivity index (χ0n) is 15.2. The van der Waals surface area contributed by atoms with Gasteiger partial charge in [-0.1, -0.05) is 5.16 Å². The fourth-order valence-electron chi connectivity index (χ4n) is 4.15. The van der Waals surface area contributed by atoms with Crippen molar-refractivity contribution >= 4 is 5.91 Å². The van der Waals surface area contributed by atoms with Crippen molar-refractivity contribution in [1.82, 2.24) is 15.0 Å². The number of ether oxygens (including phenoxy) is 2. The topological polar surface area (TPSA) is 77.7 Å². The molecule has 7 heteroatoms. The molecule has 3 fully saturated rings. The maximum absolute atomic E-state index is 12.6. The Balaban J connectivity index is 1.15. The lowest BCUT2D eigenvalue weighted by molar-refractivity contribution is -0.119. The average molecular weight is 369 g/mol. The highest BCUT2D eigenvalue weighted by atomic mass is 16.5. The first-order chi connectivity index (χ1) is 13.2. The van der Waals surface area contributed by atoms with E-state index in [1.54, 1.807) is 18.5 Å². The number of aromatic nitrogens is 2. The van der Waals surface area contributed by atoms with Gasteiger partial charge in [0.2, 0.25) is 0 Å². The van der Waals surface area contributed by atoms with Crippen molar-refractivity contribution in [2.24, 2.45) is 5.92 Å². The summed E-state index contributed by atoms with van der Waals surface area (Å²) >= 11 is 0. The van der Waals surface area contributed by atoms with Gasteiger partial charge in [0.05, 0.1) is 25.9 Å². The van der Waals surface area contributed by atoms with Crippen LogP contribution in [-0.2, 0) is 4.74 Å². The third-order valence-electron chi connectivity index (χ3n) is 5.90. The number of likely N-dealkylation sites (tertiary alicyclic amines) is 1. The Kier molecular flexibility index (Phi) is 4.11. The Morgan fingerprint density at radius 2 is 2.22 bits per heavy atom. The minimum atomic E-state index is -0.225. The summed E-state index contributed by atoms with van der Waals surface area (Å²) in [5.41, 5.74) is 0.193. The highest BCUT2D eigenvalue weighted by molar-refractivity contribution is 5.93. The van der Waals surface area contributed by atoms with Crippen LogP contribution in [0.1, 0.15) is 47.8 Å². The molecule has 1 unspecified atom stereocenters. The molecule has 2 saturated heterocycles. The van der Waals surface area contributed by atoms with Crippen molar-refractivity contribution in [3.8, 4) is 5.75 Å². The summed E-state index contributed by atoms with van der Waals surface area (Å²) in [6.07, 6.45) is 7.63. The smallest absolute Gasteiger partial charge is 0.276 e. The van der Waals surface area contributed by atoms with Crippen LogP contribution in [0, 0.1) is 5.92 Å². The molecule has 2 aromatic rings. The summed E-state index contributed by atoms with van der Waals surface area (Å²) in [6.45, 7) is 2.61. The summed E-state index contributed by atoms with van der Waals surface area (Å²) in [6, 6.07) is 5.58. The van der Waals surface area contributed by atoms with Crippen molar-refractivity contribution in [2.75, 3.05) is 26.3 Å². The highest BCUT2D eigenvalue weighted by Crippen LogP contribution is 2.43. The molecular formula is C20H23N3O4. The molecule has 1 atom stereocenters. The molecule has 2 aromatic heterocycles. The van der Waals surface area contributed by atoms with Crippen molar-refractivity contribution in [2.45, 2.75) is 37.2 Å². The van der Waals surface area contributed by atoms with E-state index in [0.29, 0.717) is 37.2 Å². The van der Waals surface area contributed by atoms with Crippen LogP contribution in [0.25, 0.3) is 0 Å². The standard InChI is InChI=1S/C20H23N3O4/c24-19(17-10-18(27-22-17)14-3-4-14)23-12-20(13-23)15(6-9-26-20)5-8-25-16-2-1-7-21-11-16/h1-2,7,10-11,14-15H,3-6,8-9,12-13H2. The van der Waals surface area contributed by atoms with Crippen molar-refractivity contribution in [3.05, 3.63) is 42.0 Å². The SMILES string of the molecule is O=C(c1cc(C2CC2)on1)N1CC2(C1)OCCC2CCOc1cccnc1. The Bertz CT molecular complexity index is 812. The van der Waals surface area contributed by atoms with E-state index >= 15 is 0 Å². The van der Waals surface area contributed by atoms with Crippen LogP contribution in [0.3, 0.4) is 0 Å². The second kappa shape index (κ2) is 6.64. The normalized spacial score (nSPS) is 23.4. The molecule has 0 N–H and O–H groups in total. The van der Waals surface area contributed by atoms with Gasteiger partial charge in [-0.25, -0.2) is 0 Å². The summed E-state index contributed by atoms with van der Waals surface area (Å²) in [5, 5.41) is 3.96. The second-order valence-corrected chi connectivity index (χ2v) is 7.77. The van der Waals surface area contributed by atoms with Gasteiger partial charge < -0.3 is 18.9 Å². The third-order valence-corrected chi connectivity index (χ3v) is 5.90. The molecule has 142 valence electrons. The first-order valence-electron chi connectivity index (χ1n) is 9.66. The van der Waals surface area contributed by atoms with E-state index in [9.17, 15) is 4.79 Å². The number of hydrogen-bond acceptors (Lipinski definition) is 6. The van der Waals surface area contributed by atoms with Crippen LogP contribution in [-0.4, -0.2) is 52.9 Å². The van der Waals surface area contributed by atoms with Crippen molar-refractivity contribution < 1.29 is 18.8 Å². The number of nitrogens with zero attached hydrogens (tertiary/aromatic N) is 3. The van der Waals surface area contributed by atoms with Gasteiger partial charge in [-0.15, -0.1) is 0 Å². The van der Waals surface area contributed by atoms with E-state index < -0.39 is 0 Å². The molecule has 27 heavy (non-hydrogen) atoms. The zero-order chi connectivity index (χ0) is 18.3. The summed E-state index contributed by atoms with van der Waals surface area (Å²) in [4.78, 5) is 18.5. The summed E-state index contributed by atoms with van der Waals surface area (Å²) < 4.78 is 17.2.